The summed E-state index contributed by atoms with van der Waals surface area (Å²) in [6, 6.07) is 0. The minimum absolute atomic E-state index is 0.0159. The summed E-state index contributed by atoms with van der Waals surface area (Å²) in [4.78, 5) is 2.49. The number of alkyl halides is 1. The molecule has 1 aliphatic heterocycles. The van der Waals surface area contributed by atoms with Gasteiger partial charge in [0.25, 0.3) is 0 Å². The largest absolute Gasteiger partial charge is 0.387 e. The van der Waals surface area contributed by atoms with Crippen molar-refractivity contribution in [1.82, 2.24) is 0 Å². The molecule has 0 aliphatic carbocycles. The van der Waals surface area contributed by atoms with Gasteiger partial charge in [-0.15, -0.1) is 0 Å². The van der Waals surface area contributed by atoms with Crippen LogP contribution in [0.4, 0.5) is 4.39 Å². The Bertz CT molecular complexity index is 286. The van der Waals surface area contributed by atoms with E-state index in [1.807, 2.05) is 0 Å². The first kappa shape index (κ1) is 14.1. The van der Waals surface area contributed by atoms with E-state index in [9.17, 15) is 19.7 Å². The molecule has 1 heterocycles. The highest BCUT2D eigenvalue weighted by Gasteiger charge is 2.44. The monoisotopic (exact) mass is 251 g/mol. The van der Waals surface area contributed by atoms with Crippen LogP contribution in [0.15, 0.2) is 5.11 Å². The molecule has 0 aromatic heterocycles. The molecule has 0 aromatic rings. The number of hydrogen-bond acceptors (Lipinski definition) is 6. The molecular weight excluding hydrogens is 237 g/mol. The van der Waals surface area contributed by atoms with Crippen molar-refractivity contribution in [3.8, 4) is 0 Å². The number of rotatable bonds is 5. The van der Waals surface area contributed by atoms with Crippen molar-refractivity contribution in [2.45, 2.75) is 30.7 Å². The van der Waals surface area contributed by atoms with Gasteiger partial charge in [-0.2, -0.15) is 0 Å². The molecule has 5 atom stereocenters. The zero-order valence-electron chi connectivity index (χ0n) is 8.89. The van der Waals surface area contributed by atoms with Gasteiger partial charge in [-0.25, -0.2) is 4.39 Å². The molecule has 9 heteroatoms. The summed E-state index contributed by atoms with van der Waals surface area (Å²) in [7, 11) is 0. The van der Waals surface area contributed by atoms with E-state index in [4.69, 9.17) is 15.0 Å². The third kappa shape index (κ3) is 3.50. The fraction of sp³-hybridized carbons (Fsp3) is 1.00. The second-order valence-electron chi connectivity index (χ2n) is 3.49. The Labute approximate surface area is 96.2 Å². The van der Waals surface area contributed by atoms with Crippen LogP contribution in [0.2, 0.25) is 0 Å². The van der Waals surface area contributed by atoms with Crippen LogP contribution < -0.4 is 0 Å². The van der Waals surface area contributed by atoms with Crippen molar-refractivity contribution >= 4 is 0 Å². The van der Waals surface area contributed by atoms with Crippen LogP contribution in [0.25, 0.3) is 10.4 Å². The molecule has 1 aliphatic rings. The standard InChI is InChI=1S/C8H14FN3O5/c9-3-4-5(13)6(14)7(15)8(17-4)16-2-1-11-12-10/h4-8,13-15H,1-3H2/t4-,5-,6+,7+,8+/m1/s1. The predicted molar refractivity (Wildman–Crippen MR) is 52.6 cm³/mol. The Hall–Kier alpha value is -0.960. The smallest absolute Gasteiger partial charge is 0.186 e. The van der Waals surface area contributed by atoms with Crippen LogP contribution >= 0.6 is 0 Å². The first-order valence-electron chi connectivity index (χ1n) is 5.00. The zero-order chi connectivity index (χ0) is 12.8. The van der Waals surface area contributed by atoms with Gasteiger partial charge in [0, 0.05) is 11.5 Å². The Kier molecular flexibility index (Phi) is 5.56. The van der Waals surface area contributed by atoms with Crippen LogP contribution in [0.1, 0.15) is 0 Å². The number of azide groups is 1. The van der Waals surface area contributed by atoms with E-state index in [0.717, 1.165) is 0 Å². The number of ether oxygens (including phenoxy) is 2. The Morgan fingerprint density at radius 2 is 2.00 bits per heavy atom. The lowest BCUT2D eigenvalue weighted by Gasteiger charge is -2.39. The van der Waals surface area contributed by atoms with Crippen molar-refractivity contribution in [1.29, 1.82) is 0 Å². The van der Waals surface area contributed by atoms with E-state index in [2.05, 4.69) is 10.0 Å². The van der Waals surface area contributed by atoms with Gasteiger partial charge in [-0.3, -0.25) is 0 Å². The van der Waals surface area contributed by atoms with E-state index in [0.29, 0.717) is 0 Å². The minimum atomic E-state index is -1.55. The van der Waals surface area contributed by atoms with Gasteiger partial charge in [-0.05, 0) is 5.53 Å². The lowest BCUT2D eigenvalue weighted by Crippen LogP contribution is -2.58. The Morgan fingerprint density at radius 1 is 1.29 bits per heavy atom. The fourth-order valence-corrected chi connectivity index (χ4v) is 1.44. The summed E-state index contributed by atoms with van der Waals surface area (Å²) in [6.07, 6.45) is -7.05. The topological polar surface area (TPSA) is 128 Å². The molecule has 0 saturated carbocycles. The van der Waals surface area contributed by atoms with E-state index in [1.165, 1.54) is 0 Å². The SMILES string of the molecule is [N-]=[N+]=NCCO[C@H]1O[C@H](CF)[C@@H](O)[C@H](O)[C@@H]1O. The molecule has 1 saturated heterocycles. The van der Waals surface area contributed by atoms with Gasteiger partial charge in [-0.1, -0.05) is 5.11 Å². The average molecular weight is 251 g/mol. The molecule has 0 unspecified atom stereocenters. The predicted octanol–water partition coefficient (Wildman–Crippen LogP) is -0.910. The molecule has 3 N–H and O–H groups in total. The van der Waals surface area contributed by atoms with Gasteiger partial charge >= 0.3 is 0 Å². The molecule has 98 valence electrons. The third-order valence-electron chi connectivity index (χ3n) is 2.36. The van der Waals surface area contributed by atoms with Crippen molar-refractivity contribution in [2.75, 3.05) is 19.8 Å². The fourth-order valence-electron chi connectivity index (χ4n) is 1.44. The van der Waals surface area contributed by atoms with Gasteiger partial charge in [0.05, 0.1) is 6.61 Å². The molecule has 8 nitrogen and oxygen atoms in total. The second-order valence-corrected chi connectivity index (χ2v) is 3.49. The van der Waals surface area contributed by atoms with Crippen molar-refractivity contribution in [3.05, 3.63) is 10.4 Å². The summed E-state index contributed by atoms with van der Waals surface area (Å²) >= 11 is 0. The lowest BCUT2D eigenvalue weighted by atomic mass is 10.00. The van der Waals surface area contributed by atoms with Crippen LogP contribution in [0.3, 0.4) is 0 Å². The van der Waals surface area contributed by atoms with Crippen LogP contribution in [-0.2, 0) is 9.47 Å². The normalized spacial score (nSPS) is 37.5. The molecule has 0 amide bonds. The second kappa shape index (κ2) is 6.70. The number of aliphatic hydroxyl groups is 3. The zero-order valence-corrected chi connectivity index (χ0v) is 8.89. The molecule has 0 spiro atoms. The Balaban J connectivity index is 2.50. The summed E-state index contributed by atoms with van der Waals surface area (Å²) in [6.45, 7) is -1.04. The maximum Gasteiger partial charge on any atom is 0.186 e. The van der Waals surface area contributed by atoms with Crippen LogP contribution in [0.5, 0.6) is 0 Å². The van der Waals surface area contributed by atoms with Gasteiger partial charge in [0.15, 0.2) is 6.29 Å². The average Bonchev–Trinajstić information content (AvgIpc) is 2.34. The Morgan fingerprint density at radius 3 is 2.59 bits per heavy atom. The first-order valence-corrected chi connectivity index (χ1v) is 5.00. The molecule has 0 bridgehead atoms. The van der Waals surface area contributed by atoms with Crippen LogP contribution in [-0.4, -0.2) is 65.9 Å². The number of aliphatic hydroxyl groups excluding tert-OH is 3. The summed E-state index contributed by atoms with van der Waals surface area (Å²) in [5, 5.41) is 31.4. The number of nitrogens with zero attached hydrogens (tertiary/aromatic N) is 3. The molecular formula is C8H14FN3O5. The molecule has 1 fully saturated rings. The van der Waals surface area contributed by atoms with Crippen molar-refractivity contribution < 1.29 is 29.2 Å². The molecule has 17 heavy (non-hydrogen) atoms. The van der Waals surface area contributed by atoms with Gasteiger partial charge in [0.2, 0.25) is 0 Å². The maximum atomic E-state index is 12.4. The maximum absolute atomic E-state index is 12.4. The number of hydrogen-bond donors (Lipinski definition) is 3. The first-order chi connectivity index (χ1) is 8.11. The van der Waals surface area contributed by atoms with E-state index in [1.54, 1.807) is 0 Å². The molecule has 0 radical (unpaired) electrons. The highest BCUT2D eigenvalue weighted by molar-refractivity contribution is 4.88. The van der Waals surface area contributed by atoms with Crippen molar-refractivity contribution in [3.63, 3.8) is 0 Å². The van der Waals surface area contributed by atoms with Crippen LogP contribution in [0, 0.1) is 0 Å². The summed E-state index contributed by atoms with van der Waals surface area (Å²) in [5.41, 5.74) is 8.01. The highest BCUT2D eigenvalue weighted by atomic mass is 19.1. The van der Waals surface area contributed by atoms with Crippen molar-refractivity contribution in [2.24, 2.45) is 5.11 Å². The highest BCUT2D eigenvalue weighted by Crippen LogP contribution is 2.22. The van der Waals surface area contributed by atoms with Gasteiger partial charge < -0.3 is 24.8 Å². The van der Waals surface area contributed by atoms with E-state index in [-0.39, 0.29) is 13.2 Å². The van der Waals surface area contributed by atoms with Gasteiger partial charge in [0.1, 0.15) is 31.1 Å². The summed E-state index contributed by atoms with van der Waals surface area (Å²) in [5.74, 6) is 0. The number of halogens is 1. The minimum Gasteiger partial charge on any atom is -0.387 e. The lowest BCUT2D eigenvalue weighted by molar-refractivity contribution is -0.297. The molecule has 1 rings (SSSR count). The summed E-state index contributed by atoms with van der Waals surface area (Å²) < 4.78 is 22.3. The quantitative estimate of drug-likeness (QED) is 0.252. The third-order valence-corrected chi connectivity index (χ3v) is 2.36. The van der Waals surface area contributed by atoms with E-state index < -0.39 is 37.4 Å². The van der Waals surface area contributed by atoms with E-state index >= 15 is 0 Å². The molecule has 0 aromatic carbocycles.